The molecule has 0 aromatic heterocycles. The standard InChI is InChI=1S/C13H16Cl2N2O2/c14-10-4-5-12(11(15)8-10)19-9-13(18)16-17-6-2-1-3-7-17/h4-5,8H,1-3,6-7,9H2,(H,16,18). The molecule has 19 heavy (non-hydrogen) atoms. The van der Waals surface area contributed by atoms with E-state index in [-0.39, 0.29) is 12.5 Å². The first-order chi connectivity index (χ1) is 9.15. The Balaban J connectivity index is 1.79. The number of nitrogens with zero attached hydrogens (tertiary/aromatic N) is 1. The number of carbonyl (C=O) groups is 1. The van der Waals surface area contributed by atoms with Crippen molar-refractivity contribution in [2.45, 2.75) is 19.3 Å². The average molecular weight is 303 g/mol. The van der Waals surface area contributed by atoms with E-state index >= 15 is 0 Å². The SMILES string of the molecule is O=C(COc1ccc(Cl)cc1Cl)NN1CCCCC1. The van der Waals surface area contributed by atoms with E-state index in [9.17, 15) is 4.79 Å². The Morgan fingerprint density at radius 3 is 2.68 bits per heavy atom. The quantitative estimate of drug-likeness (QED) is 0.930. The minimum absolute atomic E-state index is 0.0577. The summed E-state index contributed by atoms with van der Waals surface area (Å²) in [4.78, 5) is 11.7. The lowest BCUT2D eigenvalue weighted by Gasteiger charge is -2.26. The monoisotopic (exact) mass is 302 g/mol. The van der Waals surface area contributed by atoms with Gasteiger partial charge in [0.15, 0.2) is 6.61 Å². The van der Waals surface area contributed by atoms with Gasteiger partial charge in [-0.05, 0) is 31.0 Å². The van der Waals surface area contributed by atoms with Crippen LogP contribution in [-0.2, 0) is 4.79 Å². The zero-order valence-electron chi connectivity index (χ0n) is 10.5. The van der Waals surface area contributed by atoms with Gasteiger partial charge in [-0.2, -0.15) is 0 Å². The third-order valence-corrected chi connectivity index (χ3v) is 3.42. The highest BCUT2D eigenvalue weighted by Gasteiger charge is 2.13. The number of carbonyl (C=O) groups excluding carboxylic acids is 1. The number of halogens is 2. The number of rotatable bonds is 4. The van der Waals surface area contributed by atoms with Gasteiger partial charge in [0, 0.05) is 18.1 Å². The molecule has 1 N–H and O–H groups in total. The van der Waals surface area contributed by atoms with E-state index in [1.165, 1.54) is 6.42 Å². The predicted molar refractivity (Wildman–Crippen MR) is 75.5 cm³/mol. The van der Waals surface area contributed by atoms with Crippen molar-refractivity contribution in [2.75, 3.05) is 19.7 Å². The molecule has 0 saturated carbocycles. The Morgan fingerprint density at radius 1 is 1.26 bits per heavy atom. The highest BCUT2D eigenvalue weighted by molar-refractivity contribution is 6.35. The fraction of sp³-hybridized carbons (Fsp3) is 0.462. The van der Waals surface area contributed by atoms with Crippen LogP contribution in [0.1, 0.15) is 19.3 Å². The minimum atomic E-state index is -0.173. The molecule has 1 aliphatic heterocycles. The van der Waals surface area contributed by atoms with Crippen molar-refractivity contribution in [3.8, 4) is 5.75 Å². The van der Waals surface area contributed by atoms with Crippen molar-refractivity contribution >= 4 is 29.1 Å². The smallest absolute Gasteiger partial charge is 0.272 e. The lowest BCUT2D eigenvalue weighted by atomic mass is 10.2. The molecule has 104 valence electrons. The third kappa shape index (κ3) is 4.56. The van der Waals surface area contributed by atoms with Crippen LogP contribution in [0, 0.1) is 0 Å². The van der Waals surface area contributed by atoms with Crippen molar-refractivity contribution in [3.05, 3.63) is 28.2 Å². The van der Waals surface area contributed by atoms with Gasteiger partial charge in [-0.25, -0.2) is 5.01 Å². The van der Waals surface area contributed by atoms with Crippen molar-refractivity contribution in [1.82, 2.24) is 10.4 Å². The van der Waals surface area contributed by atoms with Gasteiger partial charge in [0.25, 0.3) is 5.91 Å². The van der Waals surface area contributed by atoms with Crippen LogP contribution < -0.4 is 10.2 Å². The fourth-order valence-electron chi connectivity index (χ4n) is 1.95. The molecule has 1 aromatic carbocycles. The maximum atomic E-state index is 11.7. The second-order valence-corrected chi connectivity index (χ2v) is 5.29. The lowest BCUT2D eigenvalue weighted by Crippen LogP contribution is -2.46. The van der Waals surface area contributed by atoms with Crippen LogP contribution in [0.25, 0.3) is 0 Å². The number of benzene rings is 1. The summed E-state index contributed by atoms with van der Waals surface area (Å²) in [5.41, 5.74) is 2.82. The molecule has 4 nitrogen and oxygen atoms in total. The molecular formula is C13H16Cl2N2O2. The van der Waals surface area contributed by atoms with E-state index in [2.05, 4.69) is 5.43 Å². The summed E-state index contributed by atoms with van der Waals surface area (Å²) in [5, 5.41) is 2.87. The van der Waals surface area contributed by atoms with E-state index in [1.54, 1.807) is 18.2 Å². The van der Waals surface area contributed by atoms with Crippen LogP contribution in [0.4, 0.5) is 0 Å². The first-order valence-corrected chi connectivity index (χ1v) is 7.03. The minimum Gasteiger partial charge on any atom is -0.482 e. The van der Waals surface area contributed by atoms with E-state index in [1.807, 2.05) is 5.01 Å². The molecular weight excluding hydrogens is 287 g/mol. The van der Waals surface area contributed by atoms with E-state index in [0.29, 0.717) is 15.8 Å². The van der Waals surface area contributed by atoms with E-state index < -0.39 is 0 Å². The highest BCUT2D eigenvalue weighted by Crippen LogP contribution is 2.27. The highest BCUT2D eigenvalue weighted by atomic mass is 35.5. The fourth-order valence-corrected chi connectivity index (χ4v) is 2.41. The molecule has 0 aliphatic carbocycles. The maximum absolute atomic E-state index is 11.7. The van der Waals surface area contributed by atoms with Gasteiger partial charge in [0.2, 0.25) is 0 Å². The lowest BCUT2D eigenvalue weighted by molar-refractivity contribution is -0.128. The van der Waals surface area contributed by atoms with Crippen molar-refractivity contribution in [3.63, 3.8) is 0 Å². The molecule has 0 unspecified atom stereocenters. The summed E-state index contributed by atoms with van der Waals surface area (Å²) in [6, 6.07) is 4.91. The van der Waals surface area contributed by atoms with Gasteiger partial charge in [-0.15, -0.1) is 0 Å². The topological polar surface area (TPSA) is 41.6 Å². The second-order valence-electron chi connectivity index (χ2n) is 4.45. The largest absolute Gasteiger partial charge is 0.482 e. The molecule has 0 bridgehead atoms. The maximum Gasteiger partial charge on any atom is 0.272 e. The molecule has 1 fully saturated rings. The van der Waals surface area contributed by atoms with E-state index in [0.717, 1.165) is 25.9 Å². The van der Waals surface area contributed by atoms with Gasteiger partial charge in [-0.1, -0.05) is 29.6 Å². The molecule has 0 spiro atoms. The van der Waals surface area contributed by atoms with Crippen molar-refractivity contribution in [2.24, 2.45) is 0 Å². The number of hydrogen-bond donors (Lipinski definition) is 1. The average Bonchev–Trinajstić information content (AvgIpc) is 2.39. The first-order valence-electron chi connectivity index (χ1n) is 6.27. The van der Waals surface area contributed by atoms with Crippen LogP contribution >= 0.6 is 23.2 Å². The summed E-state index contributed by atoms with van der Waals surface area (Å²) >= 11 is 11.7. The third-order valence-electron chi connectivity index (χ3n) is 2.89. The number of hydrazine groups is 1. The van der Waals surface area contributed by atoms with E-state index in [4.69, 9.17) is 27.9 Å². The molecule has 1 amide bonds. The number of piperidine rings is 1. The Labute approximate surface area is 122 Å². The van der Waals surface area contributed by atoms with Gasteiger partial charge in [0.1, 0.15) is 5.75 Å². The Kier molecular flexibility index (Phi) is 5.31. The summed E-state index contributed by atoms with van der Waals surface area (Å²) in [6.45, 7) is 1.73. The molecule has 0 atom stereocenters. The molecule has 6 heteroatoms. The zero-order valence-corrected chi connectivity index (χ0v) is 12.0. The second kappa shape index (κ2) is 6.98. The van der Waals surface area contributed by atoms with Crippen LogP contribution in [0.5, 0.6) is 5.75 Å². The van der Waals surface area contributed by atoms with Gasteiger partial charge < -0.3 is 4.74 Å². The molecule has 2 rings (SSSR count). The number of ether oxygens (including phenoxy) is 1. The summed E-state index contributed by atoms with van der Waals surface area (Å²) < 4.78 is 5.37. The molecule has 1 aromatic rings. The Hall–Kier alpha value is -0.970. The number of amides is 1. The molecule has 1 heterocycles. The van der Waals surface area contributed by atoms with Gasteiger partial charge in [-0.3, -0.25) is 10.2 Å². The Morgan fingerprint density at radius 2 is 2.00 bits per heavy atom. The summed E-state index contributed by atoms with van der Waals surface area (Å²) in [7, 11) is 0. The molecule has 1 aliphatic rings. The van der Waals surface area contributed by atoms with Crippen molar-refractivity contribution < 1.29 is 9.53 Å². The number of hydrogen-bond acceptors (Lipinski definition) is 3. The van der Waals surface area contributed by atoms with Crippen LogP contribution in [0.2, 0.25) is 10.0 Å². The van der Waals surface area contributed by atoms with Crippen LogP contribution in [-0.4, -0.2) is 30.6 Å². The van der Waals surface area contributed by atoms with Gasteiger partial charge >= 0.3 is 0 Å². The zero-order chi connectivity index (χ0) is 13.7. The number of nitrogens with one attached hydrogen (secondary N) is 1. The summed E-state index contributed by atoms with van der Waals surface area (Å²) in [6.07, 6.45) is 3.46. The normalized spacial score (nSPS) is 16.1. The molecule has 0 radical (unpaired) electrons. The van der Waals surface area contributed by atoms with Gasteiger partial charge in [0.05, 0.1) is 5.02 Å². The molecule has 1 saturated heterocycles. The van der Waals surface area contributed by atoms with Crippen LogP contribution in [0.3, 0.4) is 0 Å². The first kappa shape index (κ1) is 14.4. The summed E-state index contributed by atoms with van der Waals surface area (Å²) in [5.74, 6) is 0.285. The van der Waals surface area contributed by atoms with Crippen LogP contribution in [0.15, 0.2) is 18.2 Å². The Bertz CT molecular complexity index is 448. The predicted octanol–water partition coefficient (Wildman–Crippen LogP) is 2.89. The van der Waals surface area contributed by atoms with Crippen molar-refractivity contribution in [1.29, 1.82) is 0 Å².